The van der Waals surface area contributed by atoms with Crippen molar-refractivity contribution in [3.8, 4) is 5.75 Å². The van der Waals surface area contributed by atoms with Gasteiger partial charge in [0.25, 0.3) is 5.91 Å². The molecule has 4 rings (SSSR count). The van der Waals surface area contributed by atoms with Gasteiger partial charge in [-0.05, 0) is 30.7 Å². The zero-order chi connectivity index (χ0) is 19.4. The van der Waals surface area contributed by atoms with Crippen LogP contribution in [0.25, 0.3) is 0 Å². The van der Waals surface area contributed by atoms with Crippen LogP contribution in [0.5, 0.6) is 5.75 Å². The second kappa shape index (κ2) is 6.29. The molecule has 3 aliphatic heterocycles. The molecule has 1 aromatic carbocycles. The molecule has 3 aliphatic rings. The minimum absolute atomic E-state index is 0.176. The fourth-order valence-electron chi connectivity index (χ4n) is 4.40. The standard InChI is InChI=1S/C18H22N2O6S/c1-3-20-11-18-10-19(9-15(26-18)8-16(18)27(20,23)24)17(22)13-4-6-14(7-5-13)25-12(2)21/h4-7,15-16H,3,8-11H2,1-2H3/t15-,16+,18+/m1/s1. The van der Waals surface area contributed by atoms with Crippen molar-refractivity contribution < 1.29 is 27.5 Å². The first-order valence-electron chi connectivity index (χ1n) is 9.00. The van der Waals surface area contributed by atoms with E-state index < -0.39 is 26.8 Å². The first-order chi connectivity index (χ1) is 12.7. The highest BCUT2D eigenvalue weighted by Crippen LogP contribution is 2.46. The number of hydrogen-bond donors (Lipinski definition) is 0. The molecule has 27 heavy (non-hydrogen) atoms. The Morgan fingerprint density at radius 3 is 2.59 bits per heavy atom. The Kier molecular flexibility index (Phi) is 4.28. The molecule has 1 spiro atoms. The number of morpholine rings is 1. The van der Waals surface area contributed by atoms with Crippen molar-refractivity contribution in [2.75, 3.05) is 26.2 Å². The van der Waals surface area contributed by atoms with E-state index in [9.17, 15) is 18.0 Å². The van der Waals surface area contributed by atoms with Gasteiger partial charge in [0.1, 0.15) is 16.6 Å². The van der Waals surface area contributed by atoms with Gasteiger partial charge in [0.2, 0.25) is 10.0 Å². The molecule has 8 nitrogen and oxygen atoms in total. The molecule has 1 amide bonds. The van der Waals surface area contributed by atoms with Gasteiger partial charge in [0, 0.05) is 32.1 Å². The molecule has 146 valence electrons. The summed E-state index contributed by atoms with van der Waals surface area (Å²) in [5.41, 5.74) is -0.376. The Morgan fingerprint density at radius 2 is 1.96 bits per heavy atom. The summed E-state index contributed by atoms with van der Waals surface area (Å²) in [6.07, 6.45) is 0.162. The van der Waals surface area contributed by atoms with Gasteiger partial charge in [-0.1, -0.05) is 6.92 Å². The van der Waals surface area contributed by atoms with E-state index in [0.29, 0.717) is 37.4 Å². The smallest absolute Gasteiger partial charge is 0.308 e. The third kappa shape index (κ3) is 2.94. The van der Waals surface area contributed by atoms with E-state index in [0.717, 1.165) is 0 Å². The second-order valence-electron chi connectivity index (χ2n) is 7.30. The number of benzene rings is 1. The molecule has 0 radical (unpaired) electrons. The molecule has 1 aromatic rings. The molecule has 3 saturated heterocycles. The highest BCUT2D eigenvalue weighted by atomic mass is 32.2. The van der Waals surface area contributed by atoms with E-state index in [1.165, 1.54) is 11.2 Å². The lowest BCUT2D eigenvalue weighted by Gasteiger charge is -2.39. The molecule has 0 aliphatic carbocycles. The highest BCUT2D eigenvalue weighted by molar-refractivity contribution is 7.90. The van der Waals surface area contributed by atoms with Crippen LogP contribution in [0.2, 0.25) is 0 Å². The maximum absolute atomic E-state index is 12.9. The number of sulfonamides is 1. The van der Waals surface area contributed by atoms with E-state index in [1.54, 1.807) is 29.2 Å². The van der Waals surface area contributed by atoms with E-state index in [4.69, 9.17) is 9.47 Å². The lowest BCUT2D eigenvalue weighted by Crippen LogP contribution is -2.56. The van der Waals surface area contributed by atoms with Crippen LogP contribution >= 0.6 is 0 Å². The van der Waals surface area contributed by atoms with Crippen LogP contribution < -0.4 is 4.74 Å². The molecule has 0 unspecified atom stereocenters. The van der Waals surface area contributed by atoms with Crippen molar-refractivity contribution in [3.63, 3.8) is 0 Å². The number of likely N-dealkylation sites (tertiary alicyclic amines) is 1. The quantitative estimate of drug-likeness (QED) is 0.551. The average molecular weight is 394 g/mol. The molecule has 0 N–H and O–H groups in total. The Labute approximate surface area is 158 Å². The van der Waals surface area contributed by atoms with E-state index in [1.807, 2.05) is 6.92 Å². The lowest BCUT2D eigenvalue weighted by atomic mass is 9.99. The number of rotatable bonds is 3. The summed E-state index contributed by atoms with van der Waals surface area (Å²) in [5.74, 6) is -0.225. The third-order valence-corrected chi connectivity index (χ3v) is 7.96. The van der Waals surface area contributed by atoms with Crippen LogP contribution in [0.15, 0.2) is 24.3 Å². The summed E-state index contributed by atoms with van der Waals surface area (Å²) in [5, 5.41) is -0.584. The summed E-state index contributed by atoms with van der Waals surface area (Å²) in [6, 6.07) is 6.36. The van der Waals surface area contributed by atoms with Gasteiger partial charge in [-0.25, -0.2) is 8.42 Å². The largest absolute Gasteiger partial charge is 0.427 e. The monoisotopic (exact) mass is 394 g/mol. The maximum Gasteiger partial charge on any atom is 0.308 e. The molecule has 3 heterocycles. The summed E-state index contributed by atoms with van der Waals surface area (Å²) in [7, 11) is -3.39. The molecule has 3 fully saturated rings. The van der Waals surface area contributed by atoms with Gasteiger partial charge in [0.15, 0.2) is 0 Å². The first kappa shape index (κ1) is 18.4. The number of nitrogens with zero attached hydrogens (tertiary/aromatic N) is 2. The van der Waals surface area contributed by atoms with Crippen LogP contribution in [0.3, 0.4) is 0 Å². The fraction of sp³-hybridized carbons (Fsp3) is 0.556. The van der Waals surface area contributed by atoms with E-state index in [2.05, 4.69) is 0 Å². The third-order valence-electron chi connectivity index (χ3n) is 5.51. The lowest BCUT2D eigenvalue weighted by molar-refractivity contribution is -0.131. The van der Waals surface area contributed by atoms with E-state index in [-0.39, 0.29) is 18.6 Å². The number of ether oxygens (including phenoxy) is 2. The highest BCUT2D eigenvalue weighted by Gasteiger charge is 2.65. The van der Waals surface area contributed by atoms with Crippen molar-refractivity contribution in [3.05, 3.63) is 29.8 Å². The molecule has 3 atom stereocenters. The van der Waals surface area contributed by atoms with Gasteiger partial charge >= 0.3 is 5.97 Å². The number of fused-ring (bicyclic) bond motifs is 1. The van der Waals surface area contributed by atoms with Crippen LogP contribution in [-0.2, 0) is 19.6 Å². The van der Waals surface area contributed by atoms with Gasteiger partial charge in [-0.3, -0.25) is 9.59 Å². The number of likely N-dealkylation sites (N-methyl/N-ethyl adjacent to an activating group) is 1. The minimum Gasteiger partial charge on any atom is -0.427 e. The summed E-state index contributed by atoms with van der Waals surface area (Å²) < 4.78 is 38.0. The van der Waals surface area contributed by atoms with Crippen molar-refractivity contribution in [2.45, 2.75) is 37.2 Å². The van der Waals surface area contributed by atoms with Gasteiger partial charge in [-0.15, -0.1) is 0 Å². The van der Waals surface area contributed by atoms with Gasteiger partial charge in [-0.2, -0.15) is 4.31 Å². The number of carbonyl (C=O) groups is 2. The SMILES string of the molecule is CCN1C[C@@]23CN(C(=O)c4ccc(OC(C)=O)cc4)C[C@@H](C[C@@H]2S1(=O)=O)O3. The molecule has 9 heteroatoms. The molecule has 0 aromatic heterocycles. The van der Waals surface area contributed by atoms with Crippen molar-refractivity contribution in [1.82, 2.24) is 9.21 Å². The predicted molar refractivity (Wildman–Crippen MR) is 95.8 cm³/mol. The Morgan fingerprint density at radius 1 is 1.26 bits per heavy atom. The zero-order valence-electron chi connectivity index (χ0n) is 15.3. The summed E-state index contributed by atoms with van der Waals surface area (Å²) in [4.78, 5) is 25.6. The van der Waals surface area contributed by atoms with Crippen LogP contribution in [0.1, 0.15) is 30.6 Å². The summed E-state index contributed by atoms with van der Waals surface area (Å²) in [6.45, 7) is 4.46. The molecular weight excluding hydrogens is 372 g/mol. The maximum atomic E-state index is 12.9. The normalized spacial score (nSPS) is 31.6. The van der Waals surface area contributed by atoms with Crippen LogP contribution in [-0.4, -0.2) is 72.6 Å². The Hall–Kier alpha value is -1.97. The van der Waals surface area contributed by atoms with E-state index >= 15 is 0 Å². The topological polar surface area (TPSA) is 93.2 Å². The predicted octanol–water partition coefficient (Wildman–Crippen LogP) is 0.629. The Bertz CT molecular complexity index is 884. The first-order valence-corrected chi connectivity index (χ1v) is 10.5. The number of esters is 1. The zero-order valence-corrected chi connectivity index (χ0v) is 16.1. The van der Waals surface area contributed by atoms with Crippen molar-refractivity contribution in [1.29, 1.82) is 0 Å². The molecule has 2 bridgehead atoms. The van der Waals surface area contributed by atoms with Crippen molar-refractivity contribution >= 4 is 21.9 Å². The van der Waals surface area contributed by atoms with Gasteiger partial charge in [0.05, 0.1) is 12.6 Å². The molecular formula is C18H22N2O6S. The minimum atomic E-state index is -3.39. The fourth-order valence-corrected chi connectivity index (χ4v) is 6.73. The Balaban J connectivity index is 1.55. The summed E-state index contributed by atoms with van der Waals surface area (Å²) >= 11 is 0. The number of carbonyl (C=O) groups excluding carboxylic acids is 2. The van der Waals surface area contributed by atoms with Crippen LogP contribution in [0, 0.1) is 0 Å². The van der Waals surface area contributed by atoms with Gasteiger partial charge < -0.3 is 14.4 Å². The average Bonchev–Trinajstić information content (AvgIpc) is 2.99. The van der Waals surface area contributed by atoms with Crippen LogP contribution in [0.4, 0.5) is 0 Å². The number of amides is 1. The second-order valence-corrected chi connectivity index (χ2v) is 9.42. The molecule has 0 saturated carbocycles. The van der Waals surface area contributed by atoms with Crippen molar-refractivity contribution in [2.24, 2.45) is 0 Å². The number of hydrogen-bond acceptors (Lipinski definition) is 6.